The zero-order valence-electron chi connectivity index (χ0n) is 12.1. The molecular weight excluding hydrogens is 322 g/mol. The third kappa shape index (κ3) is 3.23. The minimum absolute atomic E-state index is 0.127. The van der Waals surface area contributed by atoms with Crippen LogP contribution in [0.1, 0.15) is 45.6 Å². The molecule has 6 heteroatoms. The minimum atomic E-state index is -0.563. The Kier molecular flexibility index (Phi) is 5.21. The van der Waals surface area contributed by atoms with Gasteiger partial charge < -0.3 is 10.1 Å². The van der Waals surface area contributed by atoms with Crippen LogP contribution < -0.4 is 5.32 Å². The summed E-state index contributed by atoms with van der Waals surface area (Å²) in [6.07, 6.45) is 7.35. The molecule has 5 nitrogen and oxygen atoms in total. The average molecular weight is 344 g/mol. The van der Waals surface area contributed by atoms with E-state index < -0.39 is 5.54 Å². The first-order chi connectivity index (χ1) is 9.61. The summed E-state index contributed by atoms with van der Waals surface area (Å²) in [4.78, 5) is 12.4. The zero-order valence-corrected chi connectivity index (χ0v) is 13.6. The van der Waals surface area contributed by atoms with Crippen molar-refractivity contribution in [2.75, 3.05) is 13.2 Å². The standard InChI is InChI=1S/C14H22BrN3O2/c1-3-16-14(13(19)20-4-2)7-5-6-12(8-14)18-10-11(15)9-17-18/h9-10,12,16H,3-8H2,1-2H3. The quantitative estimate of drug-likeness (QED) is 0.835. The first-order valence-corrected chi connectivity index (χ1v) is 8.02. The highest BCUT2D eigenvalue weighted by Gasteiger charge is 2.44. The molecule has 0 spiro atoms. The lowest BCUT2D eigenvalue weighted by atomic mass is 9.79. The Morgan fingerprint density at radius 2 is 2.45 bits per heavy atom. The highest BCUT2D eigenvalue weighted by Crippen LogP contribution is 2.36. The van der Waals surface area contributed by atoms with Crippen molar-refractivity contribution >= 4 is 21.9 Å². The Bertz CT molecular complexity index is 459. The lowest BCUT2D eigenvalue weighted by Crippen LogP contribution is -2.55. The molecule has 2 rings (SSSR count). The van der Waals surface area contributed by atoms with Gasteiger partial charge in [0.05, 0.1) is 23.3 Å². The molecule has 2 unspecified atom stereocenters. The molecule has 1 aliphatic carbocycles. The van der Waals surface area contributed by atoms with Gasteiger partial charge in [0, 0.05) is 6.20 Å². The van der Waals surface area contributed by atoms with Gasteiger partial charge in [0.15, 0.2) is 0 Å². The summed E-state index contributed by atoms with van der Waals surface area (Å²) in [5.41, 5.74) is -0.563. The van der Waals surface area contributed by atoms with E-state index in [1.807, 2.05) is 24.7 Å². The maximum atomic E-state index is 12.4. The van der Waals surface area contributed by atoms with E-state index in [1.165, 1.54) is 0 Å². The number of halogens is 1. The molecule has 1 N–H and O–H groups in total. The van der Waals surface area contributed by atoms with E-state index in [2.05, 4.69) is 26.3 Å². The molecule has 1 saturated carbocycles. The molecular formula is C14H22BrN3O2. The molecule has 0 aliphatic heterocycles. The Hall–Kier alpha value is -0.880. The third-order valence-corrected chi connectivity index (χ3v) is 4.26. The van der Waals surface area contributed by atoms with Crippen LogP contribution in [0.4, 0.5) is 0 Å². The van der Waals surface area contributed by atoms with E-state index in [1.54, 1.807) is 6.20 Å². The van der Waals surface area contributed by atoms with Crippen molar-refractivity contribution in [3.63, 3.8) is 0 Å². The Labute approximate surface area is 128 Å². The van der Waals surface area contributed by atoms with E-state index in [9.17, 15) is 4.79 Å². The number of nitrogens with zero attached hydrogens (tertiary/aromatic N) is 2. The largest absolute Gasteiger partial charge is 0.465 e. The molecule has 1 fully saturated rings. The van der Waals surface area contributed by atoms with Crippen LogP contribution in [0, 0.1) is 0 Å². The van der Waals surface area contributed by atoms with Crippen LogP contribution >= 0.6 is 15.9 Å². The molecule has 20 heavy (non-hydrogen) atoms. The maximum absolute atomic E-state index is 12.4. The van der Waals surface area contributed by atoms with Gasteiger partial charge in [-0.3, -0.25) is 9.48 Å². The van der Waals surface area contributed by atoms with E-state index >= 15 is 0 Å². The highest BCUT2D eigenvalue weighted by atomic mass is 79.9. The van der Waals surface area contributed by atoms with Crippen LogP contribution in [0.2, 0.25) is 0 Å². The molecule has 0 aromatic carbocycles. The minimum Gasteiger partial charge on any atom is -0.465 e. The summed E-state index contributed by atoms with van der Waals surface area (Å²) in [7, 11) is 0. The van der Waals surface area contributed by atoms with Gasteiger partial charge in [0.1, 0.15) is 5.54 Å². The number of carbonyl (C=O) groups excluding carboxylic acids is 1. The van der Waals surface area contributed by atoms with E-state index in [-0.39, 0.29) is 12.0 Å². The van der Waals surface area contributed by atoms with E-state index in [0.717, 1.165) is 36.7 Å². The van der Waals surface area contributed by atoms with Crippen molar-refractivity contribution in [3.8, 4) is 0 Å². The maximum Gasteiger partial charge on any atom is 0.326 e. The number of esters is 1. The Morgan fingerprint density at radius 1 is 1.65 bits per heavy atom. The predicted molar refractivity (Wildman–Crippen MR) is 80.5 cm³/mol. The lowest BCUT2D eigenvalue weighted by Gasteiger charge is -2.39. The number of rotatable bonds is 5. The Balaban J connectivity index is 2.18. The first-order valence-electron chi connectivity index (χ1n) is 7.23. The number of likely N-dealkylation sites (N-methyl/N-ethyl adjacent to an activating group) is 1. The van der Waals surface area contributed by atoms with Crippen molar-refractivity contribution in [3.05, 3.63) is 16.9 Å². The summed E-state index contributed by atoms with van der Waals surface area (Å²) in [6, 6.07) is 0.235. The molecule has 0 saturated heterocycles. The summed E-state index contributed by atoms with van der Waals surface area (Å²) in [5.74, 6) is -0.127. The molecule has 2 atom stereocenters. The molecule has 1 heterocycles. The van der Waals surface area contributed by atoms with Crippen molar-refractivity contribution in [2.45, 2.75) is 51.1 Å². The second-order valence-corrected chi connectivity index (χ2v) is 6.14. The average Bonchev–Trinajstić information content (AvgIpc) is 2.86. The van der Waals surface area contributed by atoms with Gasteiger partial charge in [-0.2, -0.15) is 5.10 Å². The monoisotopic (exact) mass is 343 g/mol. The van der Waals surface area contributed by atoms with Crippen molar-refractivity contribution < 1.29 is 9.53 Å². The van der Waals surface area contributed by atoms with Crippen LogP contribution in [-0.4, -0.2) is 34.4 Å². The van der Waals surface area contributed by atoms with Crippen LogP contribution in [-0.2, 0) is 9.53 Å². The molecule has 1 aromatic heterocycles. The van der Waals surface area contributed by atoms with Gasteiger partial charge in [0.2, 0.25) is 0 Å². The van der Waals surface area contributed by atoms with E-state index in [0.29, 0.717) is 6.61 Å². The highest BCUT2D eigenvalue weighted by molar-refractivity contribution is 9.10. The van der Waals surface area contributed by atoms with Crippen LogP contribution in [0.5, 0.6) is 0 Å². The summed E-state index contributed by atoms with van der Waals surface area (Å²) >= 11 is 3.42. The van der Waals surface area contributed by atoms with Crippen molar-refractivity contribution in [2.24, 2.45) is 0 Å². The molecule has 0 radical (unpaired) electrons. The lowest BCUT2D eigenvalue weighted by molar-refractivity contribution is -0.153. The molecule has 0 amide bonds. The normalized spacial score (nSPS) is 26.4. The topological polar surface area (TPSA) is 56.1 Å². The molecule has 0 bridgehead atoms. The second-order valence-electron chi connectivity index (χ2n) is 5.22. The summed E-state index contributed by atoms with van der Waals surface area (Å²) in [5, 5.41) is 7.72. The number of hydrogen-bond donors (Lipinski definition) is 1. The van der Waals surface area contributed by atoms with Gasteiger partial charge in [0.25, 0.3) is 0 Å². The van der Waals surface area contributed by atoms with Crippen LogP contribution in [0.15, 0.2) is 16.9 Å². The smallest absolute Gasteiger partial charge is 0.326 e. The number of carbonyl (C=O) groups is 1. The summed E-state index contributed by atoms with van der Waals surface area (Å²) in [6.45, 7) is 5.05. The fraction of sp³-hybridized carbons (Fsp3) is 0.714. The zero-order chi connectivity index (χ0) is 14.6. The first kappa shape index (κ1) is 15.5. The molecule has 1 aliphatic rings. The van der Waals surface area contributed by atoms with Gasteiger partial charge >= 0.3 is 5.97 Å². The molecule has 1 aromatic rings. The predicted octanol–water partition coefficient (Wildman–Crippen LogP) is 2.67. The Morgan fingerprint density at radius 3 is 3.05 bits per heavy atom. The third-order valence-electron chi connectivity index (χ3n) is 3.85. The van der Waals surface area contributed by atoms with Crippen LogP contribution in [0.3, 0.4) is 0 Å². The van der Waals surface area contributed by atoms with Crippen molar-refractivity contribution in [1.29, 1.82) is 0 Å². The summed E-state index contributed by atoms with van der Waals surface area (Å²) < 4.78 is 8.21. The SMILES string of the molecule is CCNC1(C(=O)OCC)CCCC(n2cc(Br)cn2)C1. The van der Waals surface area contributed by atoms with Gasteiger partial charge in [-0.15, -0.1) is 0 Å². The number of hydrogen-bond acceptors (Lipinski definition) is 4. The van der Waals surface area contributed by atoms with E-state index in [4.69, 9.17) is 4.74 Å². The van der Waals surface area contributed by atoms with Crippen molar-refractivity contribution in [1.82, 2.24) is 15.1 Å². The van der Waals surface area contributed by atoms with Crippen LogP contribution in [0.25, 0.3) is 0 Å². The second kappa shape index (κ2) is 6.72. The van der Waals surface area contributed by atoms with Gasteiger partial charge in [-0.1, -0.05) is 6.92 Å². The van der Waals surface area contributed by atoms with Gasteiger partial charge in [-0.05, 0) is 55.1 Å². The number of nitrogens with one attached hydrogen (secondary N) is 1. The molecule has 112 valence electrons. The number of aromatic nitrogens is 2. The van der Waals surface area contributed by atoms with Gasteiger partial charge in [-0.25, -0.2) is 0 Å². The number of ether oxygens (including phenoxy) is 1. The fourth-order valence-electron chi connectivity index (χ4n) is 3.01. The fourth-order valence-corrected chi connectivity index (χ4v) is 3.31.